The summed E-state index contributed by atoms with van der Waals surface area (Å²) in [7, 11) is -3.36. The van der Waals surface area contributed by atoms with Crippen molar-refractivity contribution in [2.24, 2.45) is 0 Å². The first kappa shape index (κ1) is 21.7. The molecule has 0 aliphatic heterocycles. The van der Waals surface area contributed by atoms with Crippen molar-refractivity contribution in [3.05, 3.63) is 58.9 Å². The molecule has 0 unspecified atom stereocenters. The van der Waals surface area contributed by atoms with E-state index in [1.165, 1.54) is 0 Å². The minimum absolute atomic E-state index is 0.0105. The predicted octanol–water partition coefficient (Wildman–Crippen LogP) is 3.71. The number of benzene rings is 2. The summed E-state index contributed by atoms with van der Waals surface area (Å²) in [5.74, 6) is 0.358. The fourth-order valence-corrected chi connectivity index (χ4v) is 4.18. The fourth-order valence-electron chi connectivity index (χ4n) is 2.85. The van der Waals surface area contributed by atoms with Gasteiger partial charge in [0.15, 0.2) is 10.6 Å². The molecule has 0 radical (unpaired) electrons. The number of aryl methyl sites for hydroxylation is 1. The van der Waals surface area contributed by atoms with E-state index in [2.05, 4.69) is 20.2 Å². The van der Waals surface area contributed by atoms with E-state index in [9.17, 15) is 13.2 Å². The number of hydrogen-bond acceptors (Lipinski definition) is 5. The maximum absolute atomic E-state index is 12.5. The van der Waals surface area contributed by atoms with Crippen molar-refractivity contribution in [3.63, 3.8) is 0 Å². The number of aromatic nitrogens is 3. The highest BCUT2D eigenvalue weighted by molar-refractivity contribution is 7.92. The Morgan fingerprint density at radius 1 is 1.10 bits per heavy atom. The van der Waals surface area contributed by atoms with Gasteiger partial charge < -0.3 is 5.32 Å². The summed E-state index contributed by atoms with van der Waals surface area (Å²) in [5, 5.41) is 9.75. The Morgan fingerprint density at radius 2 is 1.73 bits per heavy atom. The van der Waals surface area contributed by atoms with Crippen LogP contribution >= 0.6 is 12.2 Å². The van der Waals surface area contributed by atoms with Crippen LogP contribution in [0.3, 0.4) is 0 Å². The van der Waals surface area contributed by atoms with Crippen molar-refractivity contribution < 1.29 is 13.2 Å². The van der Waals surface area contributed by atoms with Gasteiger partial charge in [-0.1, -0.05) is 36.8 Å². The number of sulfonamides is 1. The third-order valence-electron chi connectivity index (χ3n) is 4.28. The van der Waals surface area contributed by atoms with E-state index in [1.807, 2.05) is 31.2 Å². The molecule has 0 fully saturated rings. The van der Waals surface area contributed by atoms with Crippen LogP contribution in [-0.4, -0.2) is 34.8 Å². The van der Waals surface area contributed by atoms with Gasteiger partial charge in [-0.15, -0.1) is 0 Å². The van der Waals surface area contributed by atoms with E-state index in [1.54, 1.807) is 35.8 Å². The zero-order chi connectivity index (χ0) is 21.7. The first-order chi connectivity index (χ1) is 14.3. The van der Waals surface area contributed by atoms with Gasteiger partial charge in [-0.3, -0.25) is 19.2 Å². The second-order valence-electron chi connectivity index (χ2n) is 6.85. The number of aromatic amines is 1. The van der Waals surface area contributed by atoms with Gasteiger partial charge in [-0.2, -0.15) is 5.10 Å². The molecule has 0 bridgehead atoms. The Balaban J connectivity index is 1.69. The van der Waals surface area contributed by atoms with Crippen molar-refractivity contribution in [1.29, 1.82) is 0 Å². The first-order valence-corrected chi connectivity index (χ1v) is 11.5. The summed E-state index contributed by atoms with van der Waals surface area (Å²) in [6.07, 6.45) is 0.532. The Labute approximate surface area is 180 Å². The van der Waals surface area contributed by atoms with E-state index in [-0.39, 0.29) is 18.2 Å². The van der Waals surface area contributed by atoms with Crippen molar-refractivity contribution in [1.82, 2.24) is 14.8 Å². The monoisotopic (exact) mass is 445 g/mol. The normalized spacial score (nSPS) is 11.3. The number of nitrogens with one attached hydrogen (secondary N) is 3. The quantitative estimate of drug-likeness (QED) is 0.458. The van der Waals surface area contributed by atoms with Gasteiger partial charge in [0.1, 0.15) is 6.54 Å². The Bertz CT molecular complexity index is 1180. The molecule has 158 valence electrons. The number of hydrogen-bond donors (Lipinski definition) is 3. The van der Waals surface area contributed by atoms with E-state index < -0.39 is 10.0 Å². The number of rotatable bonds is 8. The van der Waals surface area contributed by atoms with Crippen LogP contribution in [0.1, 0.15) is 18.9 Å². The predicted molar refractivity (Wildman–Crippen MR) is 120 cm³/mol. The van der Waals surface area contributed by atoms with Crippen LogP contribution in [0, 0.1) is 11.7 Å². The molecular weight excluding hydrogens is 422 g/mol. The molecule has 0 aliphatic rings. The molecule has 0 saturated heterocycles. The van der Waals surface area contributed by atoms with Crippen LogP contribution in [0.15, 0.2) is 48.5 Å². The van der Waals surface area contributed by atoms with Gasteiger partial charge in [-0.25, -0.2) is 8.42 Å². The second-order valence-corrected chi connectivity index (χ2v) is 9.08. The lowest BCUT2D eigenvalue weighted by Crippen LogP contribution is -2.19. The van der Waals surface area contributed by atoms with Crippen molar-refractivity contribution in [2.75, 3.05) is 15.8 Å². The van der Waals surface area contributed by atoms with Crippen LogP contribution < -0.4 is 10.0 Å². The Kier molecular flexibility index (Phi) is 6.68. The third kappa shape index (κ3) is 5.55. The van der Waals surface area contributed by atoms with E-state index in [0.29, 0.717) is 28.4 Å². The summed E-state index contributed by atoms with van der Waals surface area (Å²) >= 11 is 5.27. The van der Waals surface area contributed by atoms with Gasteiger partial charge in [0.25, 0.3) is 0 Å². The molecule has 2 aromatic carbocycles. The van der Waals surface area contributed by atoms with Crippen molar-refractivity contribution in [3.8, 4) is 11.4 Å². The molecule has 8 nitrogen and oxygen atoms in total. The highest BCUT2D eigenvalue weighted by Crippen LogP contribution is 2.19. The van der Waals surface area contributed by atoms with Crippen molar-refractivity contribution >= 4 is 39.5 Å². The molecule has 0 aliphatic carbocycles. The molecule has 0 spiro atoms. The molecule has 0 atom stereocenters. The molecule has 0 saturated carbocycles. The number of carbonyl (C=O) groups is 1. The van der Waals surface area contributed by atoms with Gasteiger partial charge in [0.2, 0.25) is 15.9 Å². The number of carbonyl (C=O) groups excluding carboxylic acids is 1. The Morgan fingerprint density at radius 3 is 2.37 bits per heavy atom. The van der Waals surface area contributed by atoms with E-state index in [0.717, 1.165) is 11.1 Å². The smallest absolute Gasteiger partial charge is 0.244 e. The molecule has 3 rings (SSSR count). The minimum Gasteiger partial charge on any atom is -0.325 e. The number of H-pyrrole nitrogens is 1. The van der Waals surface area contributed by atoms with Crippen LogP contribution in [0.4, 0.5) is 11.4 Å². The number of amides is 1. The summed E-state index contributed by atoms with van der Waals surface area (Å²) < 4.78 is 28.2. The fraction of sp³-hybridized carbons (Fsp3) is 0.250. The van der Waals surface area contributed by atoms with E-state index in [4.69, 9.17) is 12.2 Å². The number of nitrogens with zero attached hydrogens (tertiary/aromatic N) is 2. The zero-order valence-corrected chi connectivity index (χ0v) is 18.3. The zero-order valence-electron chi connectivity index (χ0n) is 16.7. The topological polar surface area (TPSA) is 109 Å². The molecular formula is C20H23N5O3S2. The molecule has 3 N–H and O–H groups in total. The summed E-state index contributed by atoms with van der Waals surface area (Å²) in [5.41, 5.74) is 2.97. The van der Waals surface area contributed by atoms with Gasteiger partial charge in [0, 0.05) is 16.9 Å². The van der Waals surface area contributed by atoms with Crippen LogP contribution in [0.25, 0.3) is 11.4 Å². The maximum Gasteiger partial charge on any atom is 0.244 e. The molecule has 30 heavy (non-hydrogen) atoms. The Hall–Kier alpha value is -2.98. The lowest BCUT2D eigenvalue weighted by Gasteiger charge is -2.10. The molecule has 1 amide bonds. The molecule has 1 heterocycles. The summed E-state index contributed by atoms with van der Waals surface area (Å²) in [4.78, 5) is 12.5. The molecule has 10 heteroatoms. The van der Waals surface area contributed by atoms with Crippen molar-refractivity contribution in [2.45, 2.75) is 26.8 Å². The number of anilines is 2. The highest BCUT2D eigenvalue weighted by Gasteiger charge is 2.13. The van der Waals surface area contributed by atoms with Gasteiger partial charge in [-0.05, 0) is 49.8 Å². The average Bonchev–Trinajstić information content (AvgIpc) is 3.04. The van der Waals surface area contributed by atoms with Gasteiger partial charge >= 0.3 is 0 Å². The van der Waals surface area contributed by atoms with Crippen LogP contribution in [0.2, 0.25) is 0 Å². The summed E-state index contributed by atoms with van der Waals surface area (Å²) in [6, 6.07) is 14.3. The second kappa shape index (κ2) is 9.23. The minimum atomic E-state index is -3.36. The van der Waals surface area contributed by atoms with Gasteiger partial charge in [0.05, 0.1) is 5.75 Å². The third-order valence-corrected chi connectivity index (χ3v) is 6.09. The average molecular weight is 446 g/mol. The SMILES string of the molecule is CCCS(=O)(=O)Nc1ccc(NC(=O)Cn2c(-c3ccc(C)cc3)n[nH]c2=S)cc1. The first-order valence-electron chi connectivity index (χ1n) is 9.40. The van der Waals surface area contributed by atoms with Crippen LogP contribution in [-0.2, 0) is 21.4 Å². The lowest BCUT2D eigenvalue weighted by atomic mass is 10.1. The summed E-state index contributed by atoms with van der Waals surface area (Å²) in [6.45, 7) is 3.78. The highest BCUT2D eigenvalue weighted by atomic mass is 32.2. The van der Waals surface area contributed by atoms with Crippen LogP contribution in [0.5, 0.6) is 0 Å². The lowest BCUT2D eigenvalue weighted by molar-refractivity contribution is -0.116. The van der Waals surface area contributed by atoms with E-state index >= 15 is 0 Å². The molecule has 1 aromatic heterocycles. The maximum atomic E-state index is 12.5. The largest absolute Gasteiger partial charge is 0.325 e. The molecule has 3 aromatic rings. The standard InChI is InChI=1S/C20H23N5O3S2/c1-3-12-30(27,28)24-17-10-8-16(9-11-17)21-18(26)13-25-19(22-23-20(25)29)15-6-4-14(2)5-7-15/h4-11,24H,3,12-13H2,1-2H3,(H,21,26)(H,23,29).